The molecule has 5 heteroatoms. The zero-order chi connectivity index (χ0) is 13.8. The predicted molar refractivity (Wildman–Crippen MR) is 70.1 cm³/mol. The third kappa shape index (κ3) is 2.81. The number of aliphatic hydroxyl groups is 1. The number of hydrogen-bond donors (Lipinski definition) is 3. The minimum Gasteiger partial charge on any atom is -0.504 e. The standard InChI is InChI=1S/C14H19NO4/c16-9-7-10-4-1-2-8-15(10)14(19)11-5-3-6-12(17)13(11)18/h3,5-6,10,16-18H,1-2,4,7-9H2. The molecular weight excluding hydrogens is 246 g/mol. The van der Waals surface area contributed by atoms with Crippen molar-refractivity contribution in [3.63, 3.8) is 0 Å². The molecule has 0 radical (unpaired) electrons. The molecule has 1 aliphatic heterocycles. The number of piperidine rings is 1. The average Bonchev–Trinajstić information content (AvgIpc) is 2.42. The van der Waals surface area contributed by atoms with Crippen LogP contribution in [0.4, 0.5) is 0 Å². The van der Waals surface area contributed by atoms with Crippen molar-refractivity contribution in [2.75, 3.05) is 13.2 Å². The number of carbonyl (C=O) groups excluding carboxylic acids is 1. The van der Waals surface area contributed by atoms with Crippen molar-refractivity contribution in [2.45, 2.75) is 31.7 Å². The molecule has 1 unspecified atom stereocenters. The zero-order valence-electron chi connectivity index (χ0n) is 10.7. The molecule has 1 heterocycles. The number of benzene rings is 1. The molecule has 1 aliphatic rings. The molecule has 2 rings (SSSR count). The molecule has 1 aromatic rings. The lowest BCUT2D eigenvalue weighted by Gasteiger charge is -2.35. The van der Waals surface area contributed by atoms with E-state index < -0.39 is 0 Å². The molecule has 0 bridgehead atoms. The quantitative estimate of drug-likeness (QED) is 0.723. The van der Waals surface area contributed by atoms with Gasteiger partial charge in [-0.05, 0) is 37.8 Å². The van der Waals surface area contributed by atoms with Crippen LogP contribution in [0.1, 0.15) is 36.0 Å². The van der Waals surface area contributed by atoms with Crippen LogP contribution < -0.4 is 0 Å². The van der Waals surface area contributed by atoms with E-state index in [-0.39, 0.29) is 35.6 Å². The van der Waals surface area contributed by atoms with Gasteiger partial charge in [-0.25, -0.2) is 0 Å². The van der Waals surface area contributed by atoms with E-state index >= 15 is 0 Å². The maximum atomic E-state index is 12.4. The number of carbonyl (C=O) groups is 1. The second-order valence-electron chi connectivity index (χ2n) is 4.83. The van der Waals surface area contributed by atoms with Gasteiger partial charge >= 0.3 is 0 Å². The van der Waals surface area contributed by atoms with Crippen molar-refractivity contribution < 1.29 is 20.1 Å². The lowest BCUT2D eigenvalue weighted by molar-refractivity contribution is 0.0571. The summed E-state index contributed by atoms with van der Waals surface area (Å²) in [6.45, 7) is 0.666. The Hall–Kier alpha value is -1.75. The molecule has 104 valence electrons. The molecular formula is C14H19NO4. The summed E-state index contributed by atoms with van der Waals surface area (Å²) in [5.41, 5.74) is 0.116. The second-order valence-corrected chi connectivity index (χ2v) is 4.83. The molecule has 1 amide bonds. The molecule has 3 N–H and O–H groups in total. The fourth-order valence-electron chi connectivity index (χ4n) is 2.58. The lowest BCUT2D eigenvalue weighted by atomic mass is 9.98. The molecule has 1 saturated heterocycles. The van der Waals surface area contributed by atoms with Crippen molar-refractivity contribution >= 4 is 5.91 Å². The maximum Gasteiger partial charge on any atom is 0.258 e. The van der Waals surface area contributed by atoms with E-state index in [1.54, 1.807) is 4.90 Å². The van der Waals surface area contributed by atoms with E-state index in [0.717, 1.165) is 19.3 Å². The summed E-state index contributed by atoms with van der Waals surface area (Å²) in [7, 11) is 0. The zero-order valence-corrected chi connectivity index (χ0v) is 10.7. The highest BCUT2D eigenvalue weighted by Gasteiger charge is 2.28. The Morgan fingerprint density at radius 3 is 2.84 bits per heavy atom. The molecule has 0 saturated carbocycles. The largest absolute Gasteiger partial charge is 0.504 e. The van der Waals surface area contributed by atoms with Gasteiger partial charge in [-0.2, -0.15) is 0 Å². The number of amides is 1. The number of phenolic OH excluding ortho intramolecular Hbond substituents is 2. The van der Waals surface area contributed by atoms with Crippen LogP contribution in [0.5, 0.6) is 11.5 Å². The first kappa shape index (κ1) is 13.7. The molecule has 5 nitrogen and oxygen atoms in total. The number of aromatic hydroxyl groups is 2. The van der Waals surface area contributed by atoms with E-state index in [9.17, 15) is 15.0 Å². The van der Waals surface area contributed by atoms with Crippen LogP contribution in [0.3, 0.4) is 0 Å². The van der Waals surface area contributed by atoms with Gasteiger partial charge in [-0.15, -0.1) is 0 Å². The van der Waals surface area contributed by atoms with Crippen LogP contribution in [0.25, 0.3) is 0 Å². The fraction of sp³-hybridized carbons (Fsp3) is 0.500. The fourth-order valence-corrected chi connectivity index (χ4v) is 2.58. The van der Waals surface area contributed by atoms with Gasteiger partial charge in [-0.3, -0.25) is 4.79 Å². The summed E-state index contributed by atoms with van der Waals surface area (Å²) in [5, 5.41) is 28.3. The van der Waals surface area contributed by atoms with Gasteiger partial charge in [0.25, 0.3) is 5.91 Å². The smallest absolute Gasteiger partial charge is 0.258 e. The van der Waals surface area contributed by atoms with E-state index in [0.29, 0.717) is 13.0 Å². The summed E-state index contributed by atoms with van der Waals surface area (Å²) in [6.07, 6.45) is 3.38. The van der Waals surface area contributed by atoms with Crippen LogP contribution in [0.15, 0.2) is 18.2 Å². The van der Waals surface area contributed by atoms with Gasteiger partial charge in [0.15, 0.2) is 11.5 Å². The minimum atomic E-state index is -0.374. The molecule has 0 spiro atoms. The molecule has 0 aliphatic carbocycles. The van der Waals surface area contributed by atoms with Gasteiger partial charge in [0.05, 0.1) is 5.56 Å². The van der Waals surface area contributed by atoms with Crippen molar-refractivity contribution in [3.8, 4) is 11.5 Å². The van der Waals surface area contributed by atoms with Gasteiger partial charge in [0.1, 0.15) is 0 Å². The monoisotopic (exact) mass is 265 g/mol. The number of phenols is 2. The minimum absolute atomic E-state index is 0.00741. The van der Waals surface area contributed by atoms with Crippen LogP contribution in [0.2, 0.25) is 0 Å². The SMILES string of the molecule is O=C(c1cccc(O)c1O)N1CCCCC1CCO. The van der Waals surface area contributed by atoms with Crippen molar-refractivity contribution in [1.29, 1.82) is 0 Å². The molecule has 0 aromatic heterocycles. The van der Waals surface area contributed by atoms with E-state index in [1.165, 1.54) is 18.2 Å². The normalized spacial score (nSPS) is 19.4. The number of nitrogens with zero attached hydrogens (tertiary/aromatic N) is 1. The van der Waals surface area contributed by atoms with E-state index in [1.807, 2.05) is 0 Å². The Labute approximate surface area is 112 Å². The Kier molecular flexibility index (Phi) is 4.27. The average molecular weight is 265 g/mol. The Morgan fingerprint density at radius 2 is 2.11 bits per heavy atom. The number of rotatable bonds is 3. The van der Waals surface area contributed by atoms with Crippen molar-refractivity contribution in [3.05, 3.63) is 23.8 Å². The topological polar surface area (TPSA) is 81.0 Å². The summed E-state index contributed by atoms with van der Waals surface area (Å²) in [4.78, 5) is 14.1. The van der Waals surface area contributed by atoms with Crippen LogP contribution in [-0.2, 0) is 0 Å². The van der Waals surface area contributed by atoms with Crippen molar-refractivity contribution in [1.82, 2.24) is 4.90 Å². The predicted octanol–water partition coefficient (Wildman–Crippen LogP) is 1.47. The second kappa shape index (κ2) is 5.93. The molecule has 1 aromatic carbocycles. The first-order valence-corrected chi connectivity index (χ1v) is 6.58. The Bertz CT molecular complexity index is 459. The first-order valence-electron chi connectivity index (χ1n) is 6.58. The number of aliphatic hydroxyl groups excluding tert-OH is 1. The van der Waals surface area contributed by atoms with Crippen molar-refractivity contribution in [2.24, 2.45) is 0 Å². The Balaban J connectivity index is 2.23. The molecule has 1 fully saturated rings. The first-order chi connectivity index (χ1) is 9.15. The summed E-state index contributed by atoms with van der Waals surface area (Å²) < 4.78 is 0. The lowest BCUT2D eigenvalue weighted by Crippen LogP contribution is -2.44. The molecule has 1 atom stereocenters. The van der Waals surface area contributed by atoms with Gasteiger partial charge in [0, 0.05) is 19.2 Å². The van der Waals surface area contributed by atoms with Crippen LogP contribution in [-0.4, -0.2) is 45.3 Å². The third-order valence-corrected chi connectivity index (χ3v) is 3.60. The Morgan fingerprint density at radius 1 is 1.32 bits per heavy atom. The highest BCUT2D eigenvalue weighted by molar-refractivity contribution is 5.97. The van der Waals surface area contributed by atoms with Gasteiger partial charge in [-0.1, -0.05) is 6.07 Å². The highest BCUT2D eigenvalue weighted by atomic mass is 16.3. The van der Waals surface area contributed by atoms with Gasteiger partial charge < -0.3 is 20.2 Å². The highest BCUT2D eigenvalue weighted by Crippen LogP contribution is 2.31. The van der Waals surface area contributed by atoms with Gasteiger partial charge in [0.2, 0.25) is 0 Å². The maximum absolute atomic E-state index is 12.4. The van der Waals surface area contributed by atoms with E-state index in [2.05, 4.69) is 0 Å². The number of hydrogen-bond acceptors (Lipinski definition) is 4. The molecule has 19 heavy (non-hydrogen) atoms. The summed E-state index contributed by atoms with van der Waals surface area (Å²) in [5.74, 6) is -0.950. The third-order valence-electron chi connectivity index (χ3n) is 3.60. The number of para-hydroxylation sites is 1. The summed E-state index contributed by atoms with van der Waals surface area (Å²) >= 11 is 0. The van der Waals surface area contributed by atoms with E-state index in [4.69, 9.17) is 5.11 Å². The van der Waals surface area contributed by atoms with Crippen LogP contribution >= 0.6 is 0 Å². The number of likely N-dealkylation sites (tertiary alicyclic amines) is 1. The van der Waals surface area contributed by atoms with Crippen LogP contribution in [0, 0.1) is 0 Å². The summed E-state index contributed by atoms with van der Waals surface area (Å²) in [6, 6.07) is 4.39.